The van der Waals surface area contributed by atoms with Gasteiger partial charge in [-0.2, -0.15) is 4.73 Å². The minimum Gasteiger partial charge on any atom is -0.478 e. The first-order chi connectivity index (χ1) is 17.7. The summed E-state index contributed by atoms with van der Waals surface area (Å²) < 4.78 is 0.679. The van der Waals surface area contributed by atoms with Crippen molar-refractivity contribution in [2.45, 2.75) is 19.4 Å². The van der Waals surface area contributed by atoms with Crippen LogP contribution < -0.4 is 10.6 Å². The monoisotopic (exact) mass is 518 g/mol. The molecule has 0 radical (unpaired) electrons. The molecule has 10 heteroatoms. The van der Waals surface area contributed by atoms with Gasteiger partial charge in [0.05, 0.1) is 11.3 Å². The van der Waals surface area contributed by atoms with Crippen molar-refractivity contribution in [3.8, 4) is 11.4 Å². The lowest BCUT2D eigenvalue weighted by Gasteiger charge is -2.19. The van der Waals surface area contributed by atoms with Crippen molar-refractivity contribution in [1.82, 2.24) is 15.0 Å². The zero-order valence-electron chi connectivity index (χ0n) is 19.7. The molecule has 4 rings (SSSR count). The van der Waals surface area contributed by atoms with E-state index < -0.39 is 23.8 Å². The number of amides is 2. The fourth-order valence-corrected chi connectivity index (χ4v) is 3.99. The van der Waals surface area contributed by atoms with Crippen molar-refractivity contribution in [3.63, 3.8) is 0 Å². The molecule has 0 spiro atoms. The van der Waals surface area contributed by atoms with Crippen LogP contribution in [0.3, 0.4) is 0 Å². The van der Waals surface area contributed by atoms with Gasteiger partial charge in [0.1, 0.15) is 6.04 Å². The molecule has 0 unspecified atom stereocenters. The summed E-state index contributed by atoms with van der Waals surface area (Å²) in [5.74, 6) is -2.16. The Kier molecular flexibility index (Phi) is 7.55. The molecule has 4 N–H and O–H groups in total. The van der Waals surface area contributed by atoms with Gasteiger partial charge in [-0.05, 0) is 48.9 Å². The number of carboxylic acid groups (broad SMARTS) is 1. The van der Waals surface area contributed by atoms with Crippen LogP contribution in [-0.4, -0.2) is 43.9 Å². The number of aryl methyl sites for hydroxylation is 1. The highest BCUT2D eigenvalue weighted by Crippen LogP contribution is 2.24. The van der Waals surface area contributed by atoms with E-state index in [1.807, 2.05) is 30.3 Å². The number of rotatable bonds is 8. The van der Waals surface area contributed by atoms with E-state index in [1.165, 1.54) is 24.3 Å². The second-order valence-corrected chi connectivity index (χ2v) is 8.72. The van der Waals surface area contributed by atoms with Crippen molar-refractivity contribution in [2.24, 2.45) is 0 Å². The predicted octanol–water partition coefficient (Wildman–Crippen LogP) is 4.43. The molecule has 188 valence electrons. The third-order valence-corrected chi connectivity index (χ3v) is 5.87. The summed E-state index contributed by atoms with van der Waals surface area (Å²) in [6.07, 6.45) is 0.172. The quantitative estimate of drug-likeness (QED) is 0.255. The third kappa shape index (κ3) is 5.96. The molecular weight excluding hydrogens is 496 g/mol. The normalized spacial score (nSPS) is 11.5. The highest BCUT2D eigenvalue weighted by molar-refractivity contribution is 6.30. The minimum absolute atomic E-state index is 0.0781. The highest BCUT2D eigenvalue weighted by Gasteiger charge is 2.27. The van der Waals surface area contributed by atoms with Crippen molar-refractivity contribution in [2.75, 3.05) is 5.32 Å². The molecular formula is C27H23ClN4O5. The molecule has 37 heavy (non-hydrogen) atoms. The van der Waals surface area contributed by atoms with E-state index in [0.29, 0.717) is 21.0 Å². The molecule has 1 atom stereocenters. The van der Waals surface area contributed by atoms with E-state index in [1.54, 1.807) is 31.2 Å². The van der Waals surface area contributed by atoms with E-state index in [4.69, 9.17) is 16.7 Å². The number of aromatic nitrogens is 2. The van der Waals surface area contributed by atoms with E-state index in [0.717, 1.165) is 5.56 Å². The van der Waals surface area contributed by atoms with E-state index in [-0.39, 0.29) is 29.2 Å². The second kappa shape index (κ2) is 11.0. The van der Waals surface area contributed by atoms with Gasteiger partial charge < -0.3 is 20.9 Å². The number of carbonyl (C=O) groups is 3. The van der Waals surface area contributed by atoms with Crippen LogP contribution in [-0.2, 0) is 11.2 Å². The van der Waals surface area contributed by atoms with Crippen LogP contribution in [0.15, 0.2) is 78.9 Å². The van der Waals surface area contributed by atoms with Crippen LogP contribution in [0.2, 0.25) is 5.02 Å². The van der Waals surface area contributed by atoms with Gasteiger partial charge in [0, 0.05) is 22.7 Å². The number of carboxylic acids is 1. The number of hydrogen-bond acceptors (Lipinski definition) is 5. The first-order valence-corrected chi connectivity index (χ1v) is 11.6. The Hall–Kier alpha value is -4.63. The number of hydrogen-bond donors (Lipinski definition) is 4. The summed E-state index contributed by atoms with van der Waals surface area (Å²) in [5.41, 5.74) is 1.91. The summed E-state index contributed by atoms with van der Waals surface area (Å²) in [5, 5.41) is 25.7. The van der Waals surface area contributed by atoms with Crippen molar-refractivity contribution < 1.29 is 24.7 Å². The lowest BCUT2D eigenvalue weighted by Crippen LogP contribution is -2.46. The molecule has 0 fully saturated rings. The van der Waals surface area contributed by atoms with Crippen LogP contribution in [0.5, 0.6) is 0 Å². The van der Waals surface area contributed by atoms with Crippen LogP contribution in [0.4, 0.5) is 5.69 Å². The Morgan fingerprint density at radius 1 is 1.00 bits per heavy atom. The largest absolute Gasteiger partial charge is 0.478 e. The molecule has 1 heterocycles. The smallest absolute Gasteiger partial charge is 0.335 e. The maximum absolute atomic E-state index is 13.3. The van der Waals surface area contributed by atoms with E-state index in [2.05, 4.69) is 15.6 Å². The summed E-state index contributed by atoms with van der Waals surface area (Å²) >= 11 is 6.06. The Morgan fingerprint density at radius 3 is 2.35 bits per heavy atom. The second-order valence-electron chi connectivity index (χ2n) is 8.28. The van der Waals surface area contributed by atoms with Crippen LogP contribution in [0, 0.1) is 6.92 Å². The van der Waals surface area contributed by atoms with Crippen LogP contribution in [0.1, 0.15) is 32.1 Å². The summed E-state index contributed by atoms with van der Waals surface area (Å²) in [7, 11) is 0. The molecule has 3 aromatic carbocycles. The van der Waals surface area contributed by atoms with Gasteiger partial charge in [-0.1, -0.05) is 54.1 Å². The van der Waals surface area contributed by atoms with Crippen LogP contribution >= 0.6 is 11.6 Å². The first kappa shape index (κ1) is 25.5. The van der Waals surface area contributed by atoms with Gasteiger partial charge in [-0.15, -0.1) is 0 Å². The van der Waals surface area contributed by atoms with Gasteiger partial charge in [-0.25, -0.2) is 9.78 Å². The first-order valence-electron chi connectivity index (χ1n) is 11.3. The van der Waals surface area contributed by atoms with Gasteiger partial charge in [0.25, 0.3) is 5.91 Å². The lowest BCUT2D eigenvalue weighted by molar-refractivity contribution is -0.118. The molecule has 2 amide bonds. The molecule has 0 saturated carbocycles. The number of carbonyl (C=O) groups excluding carboxylic acids is 2. The van der Waals surface area contributed by atoms with Gasteiger partial charge >= 0.3 is 5.97 Å². The molecule has 0 aliphatic rings. The van der Waals surface area contributed by atoms with Gasteiger partial charge in [0.15, 0.2) is 11.5 Å². The van der Waals surface area contributed by atoms with E-state index in [9.17, 15) is 19.6 Å². The van der Waals surface area contributed by atoms with Gasteiger partial charge in [0.2, 0.25) is 5.91 Å². The molecule has 0 aliphatic heterocycles. The number of aromatic carboxylic acids is 1. The Morgan fingerprint density at radius 2 is 1.70 bits per heavy atom. The van der Waals surface area contributed by atoms with Gasteiger partial charge in [-0.3, -0.25) is 9.59 Å². The average Bonchev–Trinajstić information content (AvgIpc) is 3.18. The van der Waals surface area contributed by atoms with Crippen LogP contribution in [0.25, 0.3) is 11.4 Å². The minimum atomic E-state index is -1.08. The fourth-order valence-electron chi connectivity index (χ4n) is 3.80. The SMILES string of the molecule is Cc1nc(-c2cccc(Cl)c2)n(O)c1C(=O)N[C@@H](Cc1ccccc1)C(=O)Nc1ccc(C(=O)O)cc1. The number of anilines is 1. The van der Waals surface area contributed by atoms with Crippen molar-refractivity contribution in [3.05, 3.63) is 106 Å². The van der Waals surface area contributed by atoms with Crippen molar-refractivity contribution in [1.29, 1.82) is 0 Å². The number of imidazole rings is 1. The number of halogens is 1. The zero-order chi connectivity index (χ0) is 26.5. The number of nitrogens with one attached hydrogen (secondary N) is 2. The molecule has 0 bridgehead atoms. The highest BCUT2D eigenvalue weighted by atomic mass is 35.5. The Labute approximate surface area is 217 Å². The Bertz CT molecular complexity index is 1450. The topological polar surface area (TPSA) is 134 Å². The van der Waals surface area contributed by atoms with Crippen molar-refractivity contribution >= 4 is 35.1 Å². The zero-order valence-corrected chi connectivity index (χ0v) is 20.4. The molecule has 1 aromatic heterocycles. The lowest BCUT2D eigenvalue weighted by atomic mass is 10.0. The summed E-state index contributed by atoms with van der Waals surface area (Å²) in [4.78, 5) is 41.9. The average molecular weight is 519 g/mol. The standard InChI is InChI=1S/C27H23ClN4O5/c1-16-23(32(37)24(29-16)19-8-5-9-20(28)15-19)26(34)31-22(14-17-6-3-2-4-7-17)25(33)30-21-12-10-18(11-13-21)27(35)36/h2-13,15,22,37H,14H2,1H3,(H,30,33)(H,31,34)(H,35,36)/t22-/m0/s1. The fraction of sp³-hybridized carbons (Fsp3) is 0.111. The maximum atomic E-state index is 13.3. The molecule has 9 nitrogen and oxygen atoms in total. The number of nitrogens with zero attached hydrogens (tertiary/aromatic N) is 2. The third-order valence-electron chi connectivity index (χ3n) is 5.63. The number of benzene rings is 3. The summed E-state index contributed by atoms with van der Waals surface area (Å²) in [6, 6.07) is 20.5. The molecule has 0 aliphatic carbocycles. The van der Waals surface area contributed by atoms with E-state index >= 15 is 0 Å². The maximum Gasteiger partial charge on any atom is 0.335 e. The predicted molar refractivity (Wildman–Crippen MR) is 138 cm³/mol. The Balaban J connectivity index is 1.59. The summed E-state index contributed by atoms with van der Waals surface area (Å²) in [6.45, 7) is 1.58. The molecule has 4 aromatic rings. The molecule has 0 saturated heterocycles.